The van der Waals surface area contributed by atoms with E-state index in [1.54, 1.807) is 16.8 Å². The lowest BCUT2D eigenvalue weighted by molar-refractivity contribution is -0.131. The standard InChI is InChI=1S/C18H28F2N4O2/c1-5-21-18(23(4)13-17(25)24(6-2)7-3)22-10-11-26-14-8-9-15(19)16(20)12-14/h8-9,12H,5-7,10-11,13H2,1-4H3,(H,21,22). The van der Waals surface area contributed by atoms with Crippen LogP contribution in [0.25, 0.3) is 0 Å². The zero-order valence-corrected chi connectivity index (χ0v) is 15.9. The number of aliphatic imine (C=N–C) groups is 1. The van der Waals surface area contributed by atoms with Crippen LogP contribution >= 0.6 is 0 Å². The molecule has 8 heteroatoms. The van der Waals surface area contributed by atoms with Crippen LogP contribution in [0.5, 0.6) is 5.75 Å². The lowest BCUT2D eigenvalue weighted by Crippen LogP contribution is -2.45. The molecular weight excluding hydrogens is 342 g/mol. The van der Waals surface area contributed by atoms with Gasteiger partial charge in [-0.25, -0.2) is 13.8 Å². The average Bonchev–Trinajstić information content (AvgIpc) is 2.61. The first-order valence-electron chi connectivity index (χ1n) is 8.77. The van der Waals surface area contributed by atoms with E-state index in [9.17, 15) is 13.6 Å². The molecule has 0 aliphatic heterocycles. The zero-order chi connectivity index (χ0) is 19.5. The fourth-order valence-corrected chi connectivity index (χ4v) is 2.31. The van der Waals surface area contributed by atoms with Gasteiger partial charge in [0.15, 0.2) is 17.6 Å². The largest absolute Gasteiger partial charge is 0.492 e. The summed E-state index contributed by atoms with van der Waals surface area (Å²) in [5.41, 5.74) is 0. The first-order valence-corrected chi connectivity index (χ1v) is 8.77. The molecule has 26 heavy (non-hydrogen) atoms. The molecule has 0 saturated carbocycles. The quantitative estimate of drug-likeness (QED) is 0.411. The maximum atomic E-state index is 13.1. The number of halogens is 2. The Balaban J connectivity index is 2.58. The van der Waals surface area contributed by atoms with Crippen LogP contribution in [-0.4, -0.2) is 68.0 Å². The maximum Gasteiger partial charge on any atom is 0.242 e. The number of hydrogen-bond donors (Lipinski definition) is 1. The number of guanidine groups is 1. The van der Waals surface area contributed by atoms with Crippen molar-refractivity contribution >= 4 is 11.9 Å². The summed E-state index contributed by atoms with van der Waals surface area (Å²) in [7, 11) is 1.79. The van der Waals surface area contributed by atoms with Gasteiger partial charge in [-0.1, -0.05) is 0 Å². The Labute approximate surface area is 153 Å². The summed E-state index contributed by atoms with van der Waals surface area (Å²) in [4.78, 5) is 20.1. The van der Waals surface area contributed by atoms with E-state index in [0.29, 0.717) is 32.1 Å². The smallest absolute Gasteiger partial charge is 0.242 e. The molecule has 0 aromatic heterocycles. The highest BCUT2D eigenvalue weighted by Gasteiger charge is 2.14. The van der Waals surface area contributed by atoms with Gasteiger partial charge < -0.3 is 19.9 Å². The van der Waals surface area contributed by atoms with Crippen LogP contribution in [-0.2, 0) is 4.79 Å². The van der Waals surface area contributed by atoms with Crippen molar-refractivity contribution in [3.05, 3.63) is 29.8 Å². The molecule has 0 bridgehead atoms. The van der Waals surface area contributed by atoms with Gasteiger partial charge in [0.1, 0.15) is 12.4 Å². The second-order valence-corrected chi connectivity index (χ2v) is 5.58. The lowest BCUT2D eigenvalue weighted by atomic mass is 10.3. The van der Waals surface area contributed by atoms with Gasteiger partial charge in [0.05, 0.1) is 13.1 Å². The number of ether oxygens (including phenoxy) is 1. The van der Waals surface area contributed by atoms with Crippen LogP contribution in [0.1, 0.15) is 20.8 Å². The molecule has 0 aliphatic rings. The van der Waals surface area contributed by atoms with Crippen LogP contribution < -0.4 is 10.1 Å². The van der Waals surface area contributed by atoms with Gasteiger partial charge in [-0.15, -0.1) is 0 Å². The van der Waals surface area contributed by atoms with Gasteiger partial charge in [-0.05, 0) is 32.9 Å². The summed E-state index contributed by atoms with van der Waals surface area (Å²) in [5, 5.41) is 3.12. The Hall–Kier alpha value is -2.38. The van der Waals surface area contributed by atoms with Crippen molar-refractivity contribution in [1.29, 1.82) is 0 Å². The third-order valence-electron chi connectivity index (χ3n) is 3.70. The summed E-state index contributed by atoms with van der Waals surface area (Å²) in [5.74, 6) is -1.00. The van der Waals surface area contributed by atoms with Crippen LogP contribution in [0.4, 0.5) is 8.78 Å². The molecule has 1 amide bonds. The van der Waals surface area contributed by atoms with E-state index in [0.717, 1.165) is 12.1 Å². The van der Waals surface area contributed by atoms with E-state index in [-0.39, 0.29) is 24.8 Å². The highest BCUT2D eigenvalue weighted by Crippen LogP contribution is 2.15. The molecule has 0 unspecified atom stereocenters. The molecule has 146 valence electrons. The third-order valence-corrected chi connectivity index (χ3v) is 3.70. The molecule has 1 rings (SSSR count). The summed E-state index contributed by atoms with van der Waals surface area (Å²) in [6, 6.07) is 3.38. The Morgan fingerprint density at radius 1 is 1.19 bits per heavy atom. The highest BCUT2D eigenvalue weighted by atomic mass is 19.2. The number of nitrogens with zero attached hydrogens (tertiary/aromatic N) is 3. The molecule has 0 radical (unpaired) electrons. The fraction of sp³-hybridized carbons (Fsp3) is 0.556. The van der Waals surface area contributed by atoms with Crippen LogP contribution in [0, 0.1) is 11.6 Å². The number of carbonyl (C=O) groups excluding carboxylic acids is 1. The van der Waals surface area contributed by atoms with E-state index in [4.69, 9.17) is 4.74 Å². The number of benzene rings is 1. The zero-order valence-electron chi connectivity index (χ0n) is 15.9. The van der Waals surface area contributed by atoms with E-state index in [1.807, 2.05) is 20.8 Å². The molecule has 0 atom stereocenters. The first-order chi connectivity index (χ1) is 12.4. The van der Waals surface area contributed by atoms with Crippen molar-refractivity contribution in [3.63, 3.8) is 0 Å². The minimum Gasteiger partial charge on any atom is -0.492 e. The van der Waals surface area contributed by atoms with E-state index >= 15 is 0 Å². The minimum absolute atomic E-state index is 0.0288. The van der Waals surface area contributed by atoms with Crippen LogP contribution in [0.2, 0.25) is 0 Å². The Kier molecular flexibility index (Phi) is 9.40. The van der Waals surface area contributed by atoms with Crippen molar-refractivity contribution in [2.24, 2.45) is 4.99 Å². The summed E-state index contributed by atoms with van der Waals surface area (Å²) >= 11 is 0. The Bertz CT molecular complexity index is 607. The predicted molar refractivity (Wildman–Crippen MR) is 98.4 cm³/mol. The minimum atomic E-state index is -0.950. The van der Waals surface area contributed by atoms with Crippen molar-refractivity contribution in [1.82, 2.24) is 15.1 Å². The number of rotatable bonds is 9. The molecule has 0 heterocycles. The van der Waals surface area contributed by atoms with Crippen molar-refractivity contribution in [2.45, 2.75) is 20.8 Å². The summed E-state index contributed by atoms with van der Waals surface area (Å²) in [6.45, 7) is 8.55. The van der Waals surface area contributed by atoms with Gasteiger partial charge in [0.2, 0.25) is 5.91 Å². The molecular formula is C18H28F2N4O2. The number of amides is 1. The topological polar surface area (TPSA) is 57.2 Å². The maximum absolute atomic E-state index is 13.1. The van der Waals surface area contributed by atoms with Crippen molar-refractivity contribution < 1.29 is 18.3 Å². The molecule has 6 nitrogen and oxygen atoms in total. The summed E-state index contributed by atoms with van der Waals surface area (Å²) in [6.07, 6.45) is 0. The molecule has 0 fully saturated rings. The normalized spacial score (nSPS) is 11.2. The Morgan fingerprint density at radius 2 is 1.88 bits per heavy atom. The SMILES string of the molecule is CCNC(=NCCOc1ccc(F)c(F)c1)N(C)CC(=O)N(CC)CC. The molecule has 0 saturated heterocycles. The first kappa shape index (κ1) is 21.7. The van der Waals surface area contributed by atoms with Crippen LogP contribution in [0.15, 0.2) is 23.2 Å². The third kappa shape index (κ3) is 6.85. The second kappa shape index (κ2) is 11.3. The molecule has 0 aliphatic carbocycles. The van der Waals surface area contributed by atoms with E-state index in [2.05, 4.69) is 10.3 Å². The molecule has 1 aromatic carbocycles. The van der Waals surface area contributed by atoms with Gasteiger partial charge in [-0.3, -0.25) is 4.79 Å². The summed E-state index contributed by atoms with van der Waals surface area (Å²) < 4.78 is 31.4. The second-order valence-electron chi connectivity index (χ2n) is 5.58. The van der Waals surface area contributed by atoms with Gasteiger partial charge in [-0.2, -0.15) is 0 Å². The molecule has 0 spiro atoms. The van der Waals surface area contributed by atoms with E-state index in [1.165, 1.54) is 6.07 Å². The molecule has 1 aromatic rings. The van der Waals surface area contributed by atoms with Gasteiger partial charge in [0.25, 0.3) is 0 Å². The number of hydrogen-bond acceptors (Lipinski definition) is 3. The lowest BCUT2D eigenvalue weighted by Gasteiger charge is -2.25. The van der Waals surface area contributed by atoms with Gasteiger partial charge >= 0.3 is 0 Å². The highest BCUT2D eigenvalue weighted by molar-refractivity contribution is 5.86. The van der Waals surface area contributed by atoms with Crippen molar-refractivity contribution in [2.75, 3.05) is 46.4 Å². The molecule has 1 N–H and O–H groups in total. The van der Waals surface area contributed by atoms with Gasteiger partial charge in [0, 0.05) is 32.7 Å². The number of carbonyl (C=O) groups is 1. The van der Waals surface area contributed by atoms with E-state index < -0.39 is 11.6 Å². The Morgan fingerprint density at radius 3 is 2.46 bits per heavy atom. The fourth-order valence-electron chi connectivity index (χ4n) is 2.31. The number of likely N-dealkylation sites (N-methyl/N-ethyl adjacent to an activating group) is 2. The van der Waals surface area contributed by atoms with Crippen LogP contribution in [0.3, 0.4) is 0 Å². The monoisotopic (exact) mass is 370 g/mol. The van der Waals surface area contributed by atoms with Crippen molar-refractivity contribution in [3.8, 4) is 5.75 Å². The predicted octanol–water partition coefficient (Wildman–Crippen LogP) is 2.11. The average molecular weight is 370 g/mol. The number of nitrogens with one attached hydrogen (secondary N) is 1.